The van der Waals surface area contributed by atoms with Crippen molar-refractivity contribution in [2.75, 3.05) is 0 Å². The average molecular weight is 515 g/mol. The lowest BCUT2D eigenvalue weighted by Crippen LogP contribution is -2.38. The number of fused-ring (bicyclic) bond motifs is 6. The van der Waals surface area contributed by atoms with E-state index >= 15 is 0 Å². The third kappa shape index (κ3) is 4.17. The van der Waals surface area contributed by atoms with Crippen LogP contribution in [-0.2, 0) is 19.9 Å². The van der Waals surface area contributed by atoms with Crippen LogP contribution in [0.4, 0.5) is 0 Å². The molecule has 0 atom stereocenters. The Balaban J connectivity index is 0.000000151. The minimum atomic E-state index is -1.14. The van der Waals surface area contributed by atoms with Crippen molar-refractivity contribution >= 4 is 49.1 Å². The molecule has 1 aliphatic carbocycles. The van der Waals surface area contributed by atoms with Crippen molar-refractivity contribution in [2.24, 2.45) is 7.05 Å². The molecular weight excluding hydrogens is 484 g/mol. The largest absolute Gasteiger partial charge is 0.478 e. The van der Waals surface area contributed by atoms with Gasteiger partial charge in [-0.1, -0.05) is 48.5 Å². The molecule has 0 saturated carbocycles. The van der Waals surface area contributed by atoms with Gasteiger partial charge >= 0.3 is 11.7 Å². The van der Waals surface area contributed by atoms with Crippen molar-refractivity contribution < 1.29 is 9.90 Å². The van der Waals surface area contributed by atoms with Crippen molar-refractivity contribution in [3.05, 3.63) is 90.9 Å². The maximum Gasteiger partial charge on any atom is 0.337 e. The van der Waals surface area contributed by atoms with E-state index in [-0.39, 0.29) is 17.0 Å². The Kier molecular flexibility index (Phi) is 6.50. The molecule has 190 valence electrons. The van der Waals surface area contributed by atoms with Gasteiger partial charge in [0, 0.05) is 18.0 Å². The lowest BCUT2D eigenvalue weighted by Gasteiger charge is -2.18. The number of benzene rings is 3. The molecule has 5 aromatic rings. The Labute approximate surface area is 218 Å². The number of hydrogen-bond acceptors (Lipinski definition) is 4. The van der Waals surface area contributed by atoms with E-state index in [9.17, 15) is 19.5 Å². The van der Waals surface area contributed by atoms with Crippen LogP contribution in [0.1, 0.15) is 59.1 Å². The Morgan fingerprint density at radius 2 is 1.65 bits per heavy atom. The molecule has 6 rings (SSSR count). The van der Waals surface area contributed by atoms with Gasteiger partial charge in [0.1, 0.15) is 4.83 Å². The summed E-state index contributed by atoms with van der Waals surface area (Å²) in [5, 5.41) is 15.0. The maximum absolute atomic E-state index is 12.2. The van der Waals surface area contributed by atoms with Gasteiger partial charge in [-0.25, -0.2) is 9.59 Å². The Hall–Kier alpha value is -3.71. The zero-order valence-corrected chi connectivity index (χ0v) is 22.3. The zero-order valence-electron chi connectivity index (χ0n) is 21.5. The lowest BCUT2D eigenvalue weighted by molar-refractivity contribution is 0.0698. The third-order valence-corrected chi connectivity index (χ3v) is 8.39. The minimum Gasteiger partial charge on any atom is -0.478 e. The molecule has 1 N–H and O–H groups in total. The van der Waals surface area contributed by atoms with Crippen molar-refractivity contribution in [1.82, 2.24) is 9.13 Å². The van der Waals surface area contributed by atoms with Crippen molar-refractivity contribution in [3.8, 4) is 0 Å². The van der Waals surface area contributed by atoms with Crippen molar-refractivity contribution in [3.63, 3.8) is 0 Å². The molecule has 0 fully saturated rings. The zero-order chi connectivity index (χ0) is 26.4. The summed E-state index contributed by atoms with van der Waals surface area (Å²) in [6.45, 7) is 5.28. The van der Waals surface area contributed by atoms with Crippen LogP contribution in [0.25, 0.3) is 31.8 Å². The second-order valence-corrected chi connectivity index (χ2v) is 11.1. The molecule has 3 aromatic carbocycles. The summed E-state index contributed by atoms with van der Waals surface area (Å²) in [4.78, 5) is 36.5. The molecule has 0 unspecified atom stereocenters. The summed E-state index contributed by atoms with van der Waals surface area (Å²) in [6.07, 6.45) is 5.22. The number of aryl methyl sites for hydroxylation is 3. The van der Waals surface area contributed by atoms with E-state index in [0.717, 1.165) is 4.57 Å². The molecular formula is C30H30N2O4S. The van der Waals surface area contributed by atoms with Crippen LogP contribution in [0.15, 0.2) is 58.1 Å². The van der Waals surface area contributed by atoms with Gasteiger partial charge in [-0.2, -0.15) is 0 Å². The average Bonchev–Trinajstić information content (AvgIpc) is 3.24. The van der Waals surface area contributed by atoms with E-state index in [4.69, 9.17) is 0 Å². The molecule has 2 aromatic heterocycles. The van der Waals surface area contributed by atoms with Crippen LogP contribution in [0.5, 0.6) is 0 Å². The van der Waals surface area contributed by atoms with Crippen molar-refractivity contribution in [1.29, 1.82) is 0 Å². The van der Waals surface area contributed by atoms with Crippen LogP contribution in [-0.4, -0.2) is 20.2 Å². The first-order chi connectivity index (χ1) is 17.7. The van der Waals surface area contributed by atoms with Crippen LogP contribution in [0.2, 0.25) is 0 Å². The highest BCUT2D eigenvalue weighted by molar-refractivity contribution is 7.19. The Morgan fingerprint density at radius 3 is 2.38 bits per heavy atom. The summed E-state index contributed by atoms with van der Waals surface area (Å²) in [5.41, 5.74) is 2.19. The normalized spacial score (nSPS) is 13.1. The molecule has 0 spiro atoms. The standard InChI is InChI=1S/C18H16.C12H14N2O4S/c1-3-7-15-13(5-1)9-11-18-16-8-4-2-6-14(16)10-12-17(15)18;1-5(2)14-10-8(9(15)13(4)12(14)18)7(11(16)17)6(3)19-10/h1,3,5,7,9-12H,2,4,6,8H2;5H,1-4H3,(H,16,17). The fourth-order valence-electron chi connectivity index (χ4n) is 5.46. The van der Waals surface area contributed by atoms with Gasteiger partial charge in [0.25, 0.3) is 5.56 Å². The van der Waals surface area contributed by atoms with E-state index in [1.807, 2.05) is 13.8 Å². The number of nitrogens with zero attached hydrogens (tertiary/aromatic N) is 2. The molecule has 2 heterocycles. The van der Waals surface area contributed by atoms with Crippen LogP contribution < -0.4 is 11.2 Å². The predicted octanol–water partition coefficient (Wildman–Crippen LogP) is 6.22. The number of aromatic nitrogens is 2. The van der Waals surface area contributed by atoms with Crippen LogP contribution in [0, 0.1) is 6.92 Å². The molecule has 0 radical (unpaired) electrons. The first kappa shape index (κ1) is 25.0. The van der Waals surface area contributed by atoms with Gasteiger partial charge in [-0.3, -0.25) is 13.9 Å². The minimum absolute atomic E-state index is 0.00463. The van der Waals surface area contributed by atoms with Gasteiger partial charge < -0.3 is 5.11 Å². The molecule has 7 heteroatoms. The monoisotopic (exact) mass is 514 g/mol. The summed E-state index contributed by atoms with van der Waals surface area (Å²) >= 11 is 1.17. The quantitative estimate of drug-likeness (QED) is 0.284. The Bertz CT molecular complexity index is 1810. The molecule has 1 aliphatic rings. The predicted molar refractivity (Wildman–Crippen MR) is 152 cm³/mol. The first-order valence-electron chi connectivity index (χ1n) is 12.6. The van der Waals surface area contributed by atoms with E-state index in [2.05, 4.69) is 48.5 Å². The van der Waals surface area contributed by atoms with E-state index < -0.39 is 17.2 Å². The van der Waals surface area contributed by atoms with E-state index in [1.165, 1.54) is 70.2 Å². The maximum atomic E-state index is 12.2. The number of rotatable bonds is 2. The van der Waals surface area contributed by atoms with Crippen LogP contribution in [0.3, 0.4) is 0 Å². The summed E-state index contributed by atoms with van der Waals surface area (Å²) in [7, 11) is 1.36. The number of carboxylic acids is 1. The van der Waals surface area contributed by atoms with Gasteiger partial charge in [0.05, 0.1) is 10.9 Å². The highest BCUT2D eigenvalue weighted by Crippen LogP contribution is 2.33. The van der Waals surface area contributed by atoms with E-state index in [1.54, 1.807) is 18.1 Å². The highest BCUT2D eigenvalue weighted by Gasteiger charge is 2.24. The topological polar surface area (TPSA) is 81.3 Å². The van der Waals surface area contributed by atoms with Crippen LogP contribution >= 0.6 is 11.3 Å². The molecule has 0 saturated heterocycles. The molecule has 0 bridgehead atoms. The molecule has 6 nitrogen and oxygen atoms in total. The third-order valence-electron chi connectivity index (χ3n) is 7.28. The fourth-order valence-corrected chi connectivity index (χ4v) is 6.72. The van der Waals surface area contributed by atoms with E-state index in [0.29, 0.717) is 9.71 Å². The SMILES string of the molecule is Cc1sc2c(c1C(=O)O)c(=O)n(C)c(=O)n2C(C)C.c1ccc2c(c1)ccc1c3c(ccc12)CCCC3. The van der Waals surface area contributed by atoms with Gasteiger partial charge in [-0.15, -0.1) is 11.3 Å². The summed E-state index contributed by atoms with van der Waals surface area (Å²) in [6, 6.07) is 17.8. The molecule has 0 amide bonds. The summed E-state index contributed by atoms with van der Waals surface area (Å²) < 4.78 is 2.42. The number of thiophene rings is 1. The Morgan fingerprint density at radius 1 is 0.946 bits per heavy atom. The van der Waals surface area contributed by atoms with Gasteiger partial charge in [-0.05, 0) is 79.1 Å². The smallest absolute Gasteiger partial charge is 0.337 e. The summed E-state index contributed by atoms with van der Waals surface area (Å²) in [5.74, 6) is -1.14. The number of carbonyl (C=O) groups is 1. The lowest BCUT2D eigenvalue weighted by atomic mass is 9.86. The van der Waals surface area contributed by atoms with Gasteiger partial charge in [0.15, 0.2) is 0 Å². The highest BCUT2D eigenvalue weighted by atomic mass is 32.1. The first-order valence-corrected chi connectivity index (χ1v) is 13.4. The van der Waals surface area contributed by atoms with Crippen molar-refractivity contribution in [2.45, 2.75) is 52.5 Å². The number of carboxylic acid groups (broad SMARTS) is 1. The number of hydrogen-bond donors (Lipinski definition) is 1. The fraction of sp³-hybridized carbons (Fsp3) is 0.300. The molecule has 0 aliphatic heterocycles. The number of aromatic carboxylic acids is 1. The van der Waals surface area contributed by atoms with Gasteiger partial charge in [0.2, 0.25) is 0 Å². The molecule has 37 heavy (non-hydrogen) atoms. The second-order valence-electron chi connectivity index (χ2n) is 9.92. The second kappa shape index (κ2) is 9.63.